The number of halogens is 1. The van der Waals surface area contributed by atoms with E-state index in [0.29, 0.717) is 5.41 Å². The van der Waals surface area contributed by atoms with Gasteiger partial charge in [0.2, 0.25) is 0 Å². The van der Waals surface area contributed by atoms with Crippen LogP contribution < -0.4 is 5.32 Å². The fourth-order valence-corrected chi connectivity index (χ4v) is 3.88. The first kappa shape index (κ1) is 15.1. The van der Waals surface area contributed by atoms with Crippen molar-refractivity contribution in [3.8, 4) is 0 Å². The maximum atomic E-state index is 5.98. The van der Waals surface area contributed by atoms with Crippen LogP contribution in [0.4, 0.5) is 0 Å². The summed E-state index contributed by atoms with van der Waals surface area (Å²) in [6.07, 6.45) is 6.80. The second-order valence-corrected chi connectivity index (χ2v) is 7.41. The van der Waals surface area contributed by atoms with Crippen LogP contribution in [0.2, 0.25) is 0 Å². The van der Waals surface area contributed by atoms with Crippen molar-refractivity contribution in [1.82, 2.24) is 5.32 Å². The summed E-state index contributed by atoms with van der Waals surface area (Å²) in [6, 6.07) is 8.59. The zero-order chi connectivity index (χ0) is 14.9. The van der Waals surface area contributed by atoms with Crippen molar-refractivity contribution >= 4 is 26.9 Å². The quantitative estimate of drug-likeness (QED) is 0.735. The van der Waals surface area contributed by atoms with E-state index in [0.717, 1.165) is 22.4 Å². The summed E-state index contributed by atoms with van der Waals surface area (Å²) < 4.78 is 7.08. The van der Waals surface area contributed by atoms with Gasteiger partial charge in [-0.25, -0.2) is 0 Å². The molecule has 1 heterocycles. The average Bonchev–Trinajstić information content (AvgIpc) is 3.11. The third-order valence-electron chi connectivity index (χ3n) is 5.12. The lowest BCUT2D eigenvalue weighted by atomic mass is 9.83. The Hall–Kier alpha value is -0.800. The fourth-order valence-electron chi connectivity index (χ4n) is 3.50. The molecule has 0 radical (unpaired) electrons. The summed E-state index contributed by atoms with van der Waals surface area (Å²) >= 11 is 3.51. The van der Waals surface area contributed by atoms with Gasteiger partial charge < -0.3 is 9.73 Å². The van der Waals surface area contributed by atoms with Crippen molar-refractivity contribution in [2.75, 3.05) is 6.54 Å². The number of hydrogen-bond donors (Lipinski definition) is 1. The molecule has 1 aromatic heterocycles. The maximum Gasteiger partial charge on any atom is 0.134 e. The lowest BCUT2D eigenvalue weighted by Gasteiger charge is -2.29. The number of fused-ring (bicyclic) bond motifs is 1. The molecule has 1 atom stereocenters. The van der Waals surface area contributed by atoms with Crippen LogP contribution in [0.3, 0.4) is 0 Å². The standard InChI is InChI=1S/C18H24BrNO/c1-3-18(8-4-5-9-18)12-20-13(2)17-11-14-10-15(19)6-7-16(14)21-17/h6-7,10-11,13,20H,3-5,8-9,12H2,1-2H3. The second kappa shape index (κ2) is 6.13. The monoisotopic (exact) mass is 349 g/mol. The summed E-state index contributed by atoms with van der Waals surface area (Å²) in [5, 5.41) is 4.87. The van der Waals surface area contributed by atoms with E-state index in [1.807, 2.05) is 12.1 Å². The van der Waals surface area contributed by atoms with Crippen LogP contribution in [0.25, 0.3) is 11.0 Å². The van der Waals surface area contributed by atoms with Crippen LogP contribution in [0.5, 0.6) is 0 Å². The molecule has 3 rings (SSSR count). The molecule has 0 spiro atoms. The van der Waals surface area contributed by atoms with Crippen molar-refractivity contribution in [3.63, 3.8) is 0 Å². The van der Waals surface area contributed by atoms with Gasteiger partial charge in [0.1, 0.15) is 11.3 Å². The third-order valence-corrected chi connectivity index (χ3v) is 5.61. The molecule has 2 nitrogen and oxygen atoms in total. The van der Waals surface area contributed by atoms with Crippen molar-refractivity contribution in [3.05, 3.63) is 34.5 Å². The van der Waals surface area contributed by atoms with Crippen LogP contribution in [0, 0.1) is 5.41 Å². The SMILES string of the molecule is CCC1(CNC(C)c2cc3cc(Br)ccc3o2)CCCC1. The maximum absolute atomic E-state index is 5.98. The first-order valence-corrected chi connectivity index (χ1v) is 8.84. The van der Waals surface area contributed by atoms with E-state index in [9.17, 15) is 0 Å². The molecule has 3 heteroatoms. The predicted molar refractivity (Wildman–Crippen MR) is 91.5 cm³/mol. The van der Waals surface area contributed by atoms with Gasteiger partial charge in [0.05, 0.1) is 6.04 Å². The van der Waals surface area contributed by atoms with Crippen LogP contribution in [0.1, 0.15) is 57.8 Å². The third kappa shape index (κ3) is 3.19. The Bertz CT molecular complexity index is 613. The molecule has 1 aliphatic rings. The molecule has 1 N–H and O–H groups in total. The fraction of sp³-hybridized carbons (Fsp3) is 0.556. The molecule has 0 saturated heterocycles. The van der Waals surface area contributed by atoms with E-state index >= 15 is 0 Å². The molecule has 2 aromatic rings. The van der Waals surface area contributed by atoms with Gasteiger partial charge in [-0.2, -0.15) is 0 Å². The molecule has 21 heavy (non-hydrogen) atoms. The number of rotatable bonds is 5. The highest BCUT2D eigenvalue weighted by atomic mass is 79.9. The Morgan fingerprint density at radius 1 is 1.29 bits per heavy atom. The summed E-state index contributed by atoms with van der Waals surface area (Å²) in [5.74, 6) is 1.03. The normalized spacial score (nSPS) is 19.2. The molecular weight excluding hydrogens is 326 g/mol. The topological polar surface area (TPSA) is 25.2 Å². The van der Waals surface area contributed by atoms with Crippen LogP contribution >= 0.6 is 15.9 Å². The van der Waals surface area contributed by atoms with Crippen molar-refractivity contribution < 1.29 is 4.42 Å². The van der Waals surface area contributed by atoms with Crippen molar-refractivity contribution in [2.45, 2.75) is 52.0 Å². The second-order valence-electron chi connectivity index (χ2n) is 6.49. The minimum Gasteiger partial charge on any atom is -0.459 e. The van der Waals surface area contributed by atoms with E-state index in [-0.39, 0.29) is 6.04 Å². The molecule has 0 aliphatic heterocycles. The molecule has 1 saturated carbocycles. The van der Waals surface area contributed by atoms with Gasteiger partial charge >= 0.3 is 0 Å². The first-order chi connectivity index (χ1) is 10.1. The van der Waals surface area contributed by atoms with Crippen LogP contribution in [0.15, 0.2) is 33.2 Å². The first-order valence-electron chi connectivity index (χ1n) is 8.04. The van der Waals surface area contributed by atoms with Gasteiger partial charge in [-0.15, -0.1) is 0 Å². The average molecular weight is 350 g/mol. The van der Waals surface area contributed by atoms with Crippen LogP contribution in [-0.2, 0) is 0 Å². The molecule has 0 bridgehead atoms. The largest absolute Gasteiger partial charge is 0.459 e. The molecule has 0 amide bonds. The summed E-state index contributed by atoms with van der Waals surface area (Å²) in [4.78, 5) is 0. The Kier molecular flexibility index (Phi) is 4.41. The zero-order valence-electron chi connectivity index (χ0n) is 12.9. The number of hydrogen-bond acceptors (Lipinski definition) is 2. The molecule has 1 aliphatic carbocycles. The van der Waals surface area contributed by atoms with Gasteiger partial charge in [0.25, 0.3) is 0 Å². The molecular formula is C18H24BrNO. The highest BCUT2D eigenvalue weighted by Gasteiger charge is 2.32. The smallest absolute Gasteiger partial charge is 0.134 e. The highest BCUT2D eigenvalue weighted by Crippen LogP contribution is 2.40. The Balaban J connectivity index is 1.70. The summed E-state index contributed by atoms with van der Waals surface area (Å²) in [6.45, 7) is 5.63. The molecule has 1 unspecified atom stereocenters. The predicted octanol–water partition coefficient (Wildman–Crippen LogP) is 5.82. The van der Waals surface area contributed by atoms with Gasteiger partial charge in [-0.3, -0.25) is 0 Å². The summed E-state index contributed by atoms with van der Waals surface area (Å²) in [5.41, 5.74) is 1.48. The van der Waals surface area contributed by atoms with E-state index in [1.165, 1.54) is 37.5 Å². The Morgan fingerprint density at radius 3 is 2.76 bits per heavy atom. The van der Waals surface area contributed by atoms with Gasteiger partial charge in [0.15, 0.2) is 0 Å². The zero-order valence-corrected chi connectivity index (χ0v) is 14.5. The Labute approximate surface area is 135 Å². The molecule has 114 valence electrons. The van der Waals surface area contributed by atoms with Crippen molar-refractivity contribution in [2.24, 2.45) is 5.41 Å². The van der Waals surface area contributed by atoms with Gasteiger partial charge in [-0.1, -0.05) is 35.7 Å². The van der Waals surface area contributed by atoms with Crippen molar-refractivity contribution in [1.29, 1.82) is 0 Å². The number of nitrogens with one attached hydrogen (secondary N) is 1. The lowest BCUT2D eigenvalue weighted by Crippen LogP contribution is -2.33. The minimum absolute atomic E-state index is 0.264. The number of furan rings is 1. The van der Waals surface area contributed by atoms with E-state index < -0.39 is 0 Å². The Morgan fingerprint density at radius 2 is 2.05 bits per heavy atom. The van der Waals surface area contributed by atoms with Gasteiger partial charge in [0, 0.05) is 16.4 Å². The molecule has 1 fully saturated rings. The van der Waals surface area contributed by atoms with Crippen LogP contribution in [-0.4, -0.2) is 6.54 Å². The summed E-state index contributed by atoms with van der Waals surface area (Å²) in [7, 11) is 0. The van der Waals surface area contributed by atoms with Gasteiger partial charge in [-0.05, 0) is 55.9 Å². The number of benzene rings is 1. The van der Waals surface area contributed by atoms with E-state index in [1.54, 1.807) is 0 Å². The van der Waals surface area contributed by atoms with E-state index in [4.69, 9.17) is 4.42 Å². The minimum atomic E-state index is 0.264. The highest BCUT2D eigenvalue weighted by molar-refractivity contribution is 9.10. The molecule has 1 aromatic carbocycles. The van der Waals surface area contributed by atoms with E-state index in [2.05, 4.69) is 47.2 Å². The lowest BCUT2D eigenvalue weighted by molar-refractivity contribution is 0.253.